The van der Waals surface area contributed by atoms with Crippen LogP contribution in [0.5, 0.6) is 0 Å². The van der Waals surface area contributed by atoms with E-state index in [0.717, 1.165) is 33.2 Å². The van der Waals surface area contributed by atoms with Gasteiger partial charge in [-0.25, -0.2) is 4.57 Å². The molecule has 0 amide bonds. The van der Waals surface area contributed by atoms with E-state index < -0.39 is 0 Å². The highest BCUT2D eigenvalue weighted by molar-refractivity contribution is 5.96. The average molecular weight is 398 g/mol. The average Bonchev–Trinajstić information content (AvgIpc) is 2.78. The Bertz CT molecular complexity index is 1310. The Morgan fingerprint density at radius 1 is 0.967 bits per heavy atom. The van der Waals surface area contributed by atoms with E-state index >= 15 is 0 Å². The Labute approximate surface area is 183 Å². The van der Waals surface area contributed by atoms with Crippen molar-refractivity contribution in [2.24, 2.45) is 7.05 Å². The minimum atomic E-state index is 0.219. The summed E-state index contributed by atoms with van der Waals surface area (Å²) in [4.78, 5) is 4.24. The molecule has 0 spiro atoms. The van der Waals surface area contributed by atoms with Crippen LogP contribution in [0.2, 0.25) is 0 Å². The van der Waals surface area contributed by atoms with E-state index in [1.807, 2.05) is 36.0 Å². The highest BCUT2D eigenvalue weighted by atomic mass is 14.9. The van der Waals surface area contributed by atoms with Crippen LogP contribution < -0.4 is 4.57 Å². The van der Waals surface area contributed by atoms with Crippen LogP contribution in [0, 0.1) is 6.92 Å². The van der Waals surface area contributed by atoms with Gasteiger partial charge in [0.15, 0.2) is 6.17 Å². The molecule has 0 aliphatic heterocycles. The number of aromatic nitrogens is 2. The molecule has 0 saturated heterocycles. The molecule has 0 fully saturated rings. The van der Waals surface area contributed by atoms with Gasteiger partial charge in [0.2, 0.25) is 5.69 Å². The third-order valence-electron chi connectivity index (χ3n) is 5.98. The zero-order chi connectivity index (χ0) is 23.2. The van der Waals surface area contributed by atoms with Crippen molar-refractivity contribution < 1.29 is 7.31 Å². The first-order valence-electron chi connectivity index (χ1n) is 11.7. The molecule has 0 atom stereocenters. The van der Waals surface area contributed by atoms with Crippen molar-refractivity contribution in [1.82, 2.24) is 4.98 Å². The molecule has 4 rings (SSSR count). The lowest BCUT2D eigenvalue weighted by atomic mass is 9.86. The molecule has 2 nitrogen and oxygen atoms in total. The fraction of sp³-hybridized carbons (Fsp3) is 0.286. The Morgan fingerprint density at radius 3 is 2.43 bits per heavy atom. The highest BCUT2D eigenvalue weighted by Gasteiger charge is 2.21. The summed E-state index contributed by atoms with van der Waals surface area (Å²) in [7, 11) is 1.90. The predicted molar refractivity (Wildman–Crippen MR) is 127 cm³/mol. The lowest BCUT2D eigenvalue weighted by molar-refractivity contribution is -0.659. The van der Waals surface area contributed by atoms with Gasteiger partial charge in [-0.15, -0.1) is 0 Å². The van der Waals surface area contributed by atoms with E-state index in [1.54, 1.807) is 6.20 Å². The number of nitrogens with zero attached hydrogens (tertiary/aromatic N) is 2. The molecule has 2 heteroatoms. The molecule has 0 aliphatic carbocycles. The molecule has 152 valence electrons. The minimum absolute atomic E-state index is 0.219. The fourth-order valence-corrected chi connectivity index (χ4v) is 4.21. The maximum Gasteiger partial charge on any atom is 0.220 e. The van der Waals surface area contributed by atoms with Crippen molar-refractivity contribution in [2.75, 3.05) is 0 Å². The second kappa shape index (κ2) is 8.02. The number of fused-ring (bicyclic) bond motifs is 1. The Balaban J connectivity index is 2.08. The van der Waals surface area contributed by atoms with Gasteiger partial charge in [0.25, 0.3) is 0 Å². The molecule has 2 heterocycles. The van der Waals surface area contributed by atoms with Crippen molar-refractivity contribution >= 4 is 10.8 Å². The molecule has 0 radical (unpaired) electrons. The maximum absolute atomic E-state index is 8.70. The van der Waals surface area contributed by atoms with E-state index in [4.69, 9.17) is 2.74 Å². The van der Waals surface area contributed by atoms with Crippen LogP contribution in [0.25, 0.3) is 33.2 Å². The second-order valence-electron chi connectivity index (χ2n) is 8.74. The lowest BCUT2D eigenvalue weighted by Crippen LogP contribution is -2.31. The van der Waals surface area contributed by atoms with E-state index in [-0.39, 0.29) is 12.2 Å². The summed E-state index contributed by atoms with van der Waals surface area (Å²) in [5.41, 5.74) is 8.05. The van der Waals surface area contributed by atoms with Gasteiger partial charge in [0, 0.05) is 24.0 Å². The van der Waals surface area contributed by atoms with Crippen LogP contribution >= 0.6 is 0 Å². The summed E-state index contributed by atoms with van der Waals surface area (Å²) >= 11 is 0. The summed E-state index contributed by atoms with van der Waals surface area (Å²) in [5, 5.41) is 1.80. The minimum Gasteiger partial charge on any atom is -0.264 e. The number of rotatable bonds is 4. The summed E-state index contributed by atoms with van der Waals surface area (Å²) in [6.45, 7) is 11.1. The molecule has 0 unspecified atom stereocenters. The molecule has 4 aromatic rings. The molecule has 0 aliphatic rings. The molecule has 2 aromatic heterocycles. The first-order chi connectivity index (χ1) is 15.2. The van der Waals surface area contributed by atoms with Crippen molar-refractivity contribution in [3.63, 3.8) is 0 Å². The van der Waals surface area contributed by atoms with Crippen LogP contribution in [-0.4, -0.2) is 4.98 Å². The molecular weight excluding hydrogens is 364 g/mol. The lowest BCUT2D eigenvalue weighted by Gasteiger charge is -2.18. The zero-order valence-corrected chi connectivity index (χ0v) is 18.7. The Kier molecular flexibility index (Phi) is 4.77. The molecule has 30 heavy (non-hydrogen) atoms. The normalized spacial score (nSPS) is 12.5. The van der Waals surface area contributed by atoms with Gasteiger partial charge < -0.3 is 0 Å². The van der Waals surface area contributed by atoms with E-state index in [0.29, 0.717) is 11.8 Å². The van der Waals surface area contributed by atoms with Gasteiger partial charge in [-0.2, -0.15) is 0 Å². The van der Waals surface area contributed by atoms with Crippen LogP contribution in [0.3, 0.4) is 0 Å². The SMILES string of the molecule is [2H]c1c([2H])[n+](C)c(-c2cc(C(C)C)cc(C(C)C)c2C)c2ccc(-c3cccnc3)cc12. The Hall–Kier alpha value is -3.00. The number of pyridine rings is 2. The van der Waals surface area contributed by atoms with E-state index in [1.165, 1.54) is 16.7 Å². The van der Waals surface area contributed by atoms with E-state index in [2.05, 4.69) is 63.9 Å². The van der Waals surface area contributed by atoms with Gasteiger partial charge in [-0.1, -0.05) is 45.9 Å². The largest absolute Gasteiger partial charge is 0.264 e. The van der Waals surface area contributed by atoms with Crippen LogP contribution in [-0.2, 0) is 7.05 Å². The first-order valence-corrected chi connectivity index (χ1v) is 10.7. The highest BCUT2D eigenvalue weighted by Crippen LogP contribution is 2.36. The zero-order valence-electron chi connectivity index (χ0n) is 20.7. The smallest absolute Gasteiger partial charge is 0.220 e. The van der Waals surface area contributed by atoms with Crippen molar-refractivity contribution in [1.29, 1.82) is 0 Å². The molecule has 2 aromatic carbocycles. The third kappa shape index (κ3) is 3.63. The third-order valence-corrected chi connectivity index (χ3v) is 5.98. The van der Waals surface area contributed by atoms with Crippen LogP contribution in [0.4, 0.5) is 0 Å². The summed E-state index contributed by atoms with van der Waals surface area (Å²) in [6, 6.07) is 15.0. The number of hydrogen-bond acceptors (Lipinski definition) is 1. The monoisotopic (exact) mass is 397 g/mol. The van der Waals surface area contributed by atoms with Crippen molar-refractivity contribution in [3.05, 3.63) is 83.8 Å². The molecule has 0 N–H and O–H groups in total. The predicted octanol–water partition coefficient (Wildman–Crippen LogP) is 6.95. The molecule has 0 bridgehead atoms. The summed E-state index contributed by atoms with van der Waals surface area (Å²) in [6.07, 6.45) is 3.81. The van der Waals surface area contributed by atoms with Crippen molar-refractivity contribution in [2.45, 2.75) is 46.5 Å². The van der Waals surface area contributed by atoms with Crippen LogP contribution in [0.15, 0.2) is 67.1 Å². The molecule has 0 saturated carbocycles. The number of benzene rings is 2. The van der Waals surface area contributed by atoms with Gasteiger partial charge in [-0.3, -0.25) is 4.98 Å². The fourth-order valence-electron chi connectivity index (χ4n) is 4.21. The van der Waals surface area contributed by atoms with Crippen molar-refractivity contribution in [3.8, 4) is 22.4 Å². The molecular formula is C28H31N2+. The topological polar surface area (TPSA) is 16.8 Å². The second-order valence-corrected chi connectivity index (χ2v) is 8.74. The first kappa shape index (κ1) is 17.8. The Morgan fingerprint density at radius 2 is 1.77 bits per heavy atom. The number of hydrogen-bond donors (Lipinski definition) is 0. The maximum atomic E-state index is 8.70. The summed E-state index contributed by atoms with van der Waals surface area (Å²) < 4.78 is 19.3. The van der Waals surface area contributed by atoms with Gasteiger partial charge in [0.05, 0.1) is 12.3 Å². The van der Waals surface area contributed by atoms with E-state index in [9.17, 15) is 0 Å². The quantitative estimate of drug-likeness (QED) is 0.341. The summed E-state index contributed by atoms with van der Waals surface area (Å²) in [5.74, 6) is 0.818. The van der Waals surface area contributed by atoms with Crippen LogP contribution in [0.1, 0.15) is 59.0 Å². The van der Waals surface area contributed by atoms with Gasteiger partial charge in [0.1, 0.15) is 8.42 Å². The van der Waals surface area contributed by atoms with Gasteiger partial charge >= 0.3 is 0 Å². The standard InChI is InChI=1S/C28H31N2/c1-18(2)24-15-26(19(3)4)20(5)27(16-24)28-25-10-9-21(23-8-7-12-29-17-23)14-22(25)11-13-30(28)6/h7-19H,1-6H3/q+1/i11D,13D. The van der Waals surface area contributed by atoms with Gasteiger partial charge in [-0.05, 0) is 70.7 Å².